The quantitative estimate of drug-likeness (QED) is 0.356. The highest BCUT2D eigenvalue weighted by Gasteiger charge is 2.16. The molecule has 0 atom stereocenters. The molecule has 0 aliphatic heterocycles. The number of nitrogens with two attached hydrogens (primary N) is 2. The number of nitrogen functional groups attached to an aromatic ring is 2. The molecule has 146 valence electrons. The fraction of sp³-hybridized carbons (Fsp3) is 0. The molecule has 0 amide bonds. The van der Waals surface area contributed by atoms with Crippen molar-refractivity contribution in [2.45, 2.75) is 0 Å². The van der Waals surface area contributed by atoms with Crippen LogP contribution >= 0.6 is 11.7 Å². The predicted octanol–water partition coefficient (Wildman–Crippen LogP) is 5.99. The Balaban J connectivity index is 1.62. The third kappa shape index (κ3) is 3.13. The molecular formula is C24H19N5S. The summed E-state index contributed by atoms with van der Waals surface area (Å²) in [5.41, 5.74) is 20.1. The summed E-state index contributed by atoms with van der Waals surface area (Å²) < 4.78 is 8.75. The molecule has 0 spiro atoms. The molecule has 0 fully saturated rings. The molecule has 4 N–H and O–H groups in total. The molecule has 0 aliphatic carbocycles. The molecule has 0 saturated heterocycles. The summed E-state index contributed by atoms with van der Waals surface area (Å²) in [6, 6.07) is 30.7. The molecular weight excluding hydrogens is 390 g/mol. The van der Waals surface area contributed by atoms with Crippen molar-refractivity contribution in [2.24, 2.45) is 0 Å². The van der Waals surface area contributed by atoms with Crippen molar-refractivity contribution >= 4 is 51.2 Å². The molecule has 5 rings (SSSR count). The fourth-order valence-corrected chi connectivity index (χ4v) is 4.17. The van der Waals surface area contributed by atoms with E-state index < -0.39 is 0 Å². The Labute approximate surface area is 178 Å². The minimum atomic E-state index is 0.518. The zero-order valence-corrected chi connectivity index (χ0v) is 16.9. The maximum Gasteiger partial charge on any atom is 0.114 e. The second kappa shape index (κ2) is 7.50. The van der Waals surface area contributed by atoms with Crippen molar-refractivity contribution < 1.29 is 0 Å². The van der Waals surface area contributed by atoms with Crippen molar-refractivity contribution in [2.75, 3.05) is 16.4 Å². The zero-order chi connectivity index (χ0) is 20.5. The number of para-hydroxylation sites is 2. The Kier molecular flexibility index (Phi) is 4.53. The van der Waals surface area contributed by atoms with Crippen LogP contribution in [0.3, 0.4) is 0 Å². The zero-order valence-electron chi connectivity index (χ0n) is 16.1. The maximum absolute atomic E-state index is 6.32. The predicted molar refractivity (Wildman–Crippen MR) is 126 cm³/mol. The van der Waals surface area contributed by atoms with Gasteiger partial charge in [-0.2, -0.15) is 8.75 Å². The largest absolute Gasteiger partial charge is 0.397 e. The van der Waals surface area contributed by atoms with Gasteiger partial charge in [0.2, 0.25) is 0 Å². The van der Waals surface area contributed by atoms with Gasteiger partial charge in [0.1, 0.15) is 11.0 Å². The standard InChI is InChI=1S/C24H19N5S/c25-20-15-21-24(28-30-27-21)22(23(20)26)16-11-13-19(14-12-16)29(17-7-3-1-4-8-17)18-9-5-2-6-10-18/h1-15H,25-26H2. The van der Waals surface area contributed by atoms with E-state index in [4.69, 9.17) is 11.5 Å². The lowest BCUT2D eigenvalue weighted by molar-refractivity contribution is 1.28. The summed E-state index contributed by atoms with van der Waals surface area (Å²) in [5.74, 6) is 0. The Morgan fingerprint density at radius 3 is 1.83 bits per heavy atom. The molecule has 5 aromatic rings. The average Bonchev–Trinajstić information content (AvgIpc) is 3.25. The Hall–Kier alpha value is -3.90. The van der Waals surface area contributed by atoms with Crippen LogP contribution in [0.15, 0.2) is 91.0 Å². The molecule has 0 unspecified atom stereocenters. The van der Waals surface area contributed by atoms with Gasteiger partial charge in [-0.25, -0.2) is 0 Å². The van der Waals surface area contributed by atoms with E-state index in [1.54, 1.807) is 6.07 Å². The van der Waals surface area contributed by atoms with Gasteiger partial charge in [0.05, 0.1) is 23.1 Å². The highest BCUT2D eigenvalue weighted by Crippen LogP contribution is 2.39. The summed E-state index contributed by atoms with van der Waals surface area (Å²) in [5, 5.41) is 0. The van der Waals surface area contributed by atoms with Crippen LogP contribution in [0.2, 0.25) is 0 Å². The first-order valence-corrected chi connectivity index (χ1v) is 10.3. The van der Waals surface area contributed by atoms with Gasteiger partial charge in [-0.1, -0.05) is 48.5 Å². The molecule has 0 bridgehead atoms. The molecule has 0 radical (unpaired) electrons. The summed E-state index contributed by atoms with van der Waals surface area (Å²) in [6.07, 6.45) is 0. The lowest BCUT2D eigenvalue weighted by Crippen LogP contribution is -2.09. The van der Waals surface area contributed by atoms with Gasteiger partial charge < -0.3 is 16.4 Å². The van der Waals surface area contributed by atoms with Gasteiger partial charge in [0.25, 0.3) is 0 Å². The van der Waals surface area contributed by atoms with Crippen LogP contribution in [0.5, 0.6) is 0 Å². The van der Waals surface area contributed by atoms with Crippen LogP contribution in [0.25, 0.3) is 22.2 Å². The van der Waals surface area contributed by atoms with E-state index in [1.807, 2.05) is 36.4 Å². The van der Waals surface area contributed by atoms with Gasteiger partial charge in [-0.15, -0.1) is 0 Å². The highest BCUT2D eigenvalue weighted by molar-refractivity contribution is 7.00. The Bertz CT molecular complexity index is 1260. The van der Waals surface area contributed by atoms with E-state index in [9.17, 15) is 0 Å². The maximum atomic E-state index is 6.32. The number of aromatic nitrogens is 2. The van der Waals surface area contributed by atoms with Crippen LogP contribution in [-0.2, 0) is 0 Å². The van der Waals surface area contributed by atoms with Crippen molar-refractivity contribution in [3.05, 3.63) is 91.0 Å². The number of rotatable bonds is 4. The van der Waals surface area contributed by atoms with Gasteiger partial charge in [-0.3, -0.25) is 0 Å². The molecule has 1 heterocycles. The minimum Gasteiger partial charge on any atom is -0.397 e. The van der Waals surface area contributed by atoms with Crippen molar-refractivity contribution in [3.8, 4) is 11.1 Å². The van der Waals surface area contributed by atoms with Crippen molar-refractivity contribution in [3.63, 3.8) is 0 Å². The molecule has 0 aliphatic rings. The molecule has 1 aromatic heterocycles. The SMILES string of the molecule is Nc1cc2nsnc2c(-c2ccc(N(c3ccccc3)c3ccccc3)cc2)c1N. The Morgan fingerprint density at radius 2 is 1.23 bits per heavy atom. The van der Waals surface area contributed by atoms with Crippen LogP contribution in [0, 0.1) is 0 Å². The van der Waals surface area contributed by atoms with E-state index in [-0.39, 0.29) is 0 Å². The second-order valence-corrected chi connectivity index (χ2v) is 7.47. The third-order valence-corrected chi connectivity index (χ3v) is 5.61. The first-order valence-electron chi connectivity index (χ1n) is 9.53. The number of anilines is 5. The average molecular weight is 410 g/mol. The van der Waals surface area contributed by atoms with E-state index in [1.165, 1.54) is 0 Å². The van der Waals surface area contributed by atoms with E-state index >= 15 is 0 Å². The van der Waals surface area contributed by atoms with Crippen molar-refractivity contribution in [1.82, 2.24) is 8.75 Å². The number of fused-ring (bicyclic) bond motifs is 1. The number of benzene rings is 4. The molecule has 4 aromatic carbocycles. The molecule has 0 saturated carbocycles. The van der Waals surface area contributed by atoms with Gasteiger partial charge >= 0.3 is 0 Å². The van der Waals surface area contributed by atoms with E-state index in [2.05, 4.69) is 62.2 Å². The number of hydrogen-bond acceptors (Lipinski definition) is 6. The summed E-state index contributed by atoms with van der Waals surface area (Å²) >= 11 is 1.16. The van der Waals surface area contributed by atoms with Crippen LogP contribution < -0.4 is 16.4 Å². The normalized spacial score (nSPS) is 10.9. The lowest BCUT2D eigenvalue weighted by Gasteiger charge is -2.25. The smallest absolute Gasteiger partial charge is 0.114 e. The van der Waals surface area contributed by atoms with Crippen LogP contribution in [-0.4, -0.2) is 8.75 Å². The monoisotopic (exact) mass is 409 g/mol. The fourth-order valence-electron chi connectivity index (χ4n) is 3.63. The van der Waals surface area contributed by atoms with E-state index in [0.29, 0.717) is 11.4 Å². The van der Waals surface area contributed by atoms with Crippen LogP contribution in [0.4, 0.5) is 28.4 Å². The third-order valence-electron chi connectivity index (χ3n) is 5.07. The first kappa shape index (κ1) is 18.1. The van der Waals surface area contributed by atoms with Crippen molar-refractivity contribution in [1.29, 1.82) is 0 Å². The first-order chi connectivity index (χ1) is 14.7. The van der Waals surface area contributed by atoms with Gasteiger partial charge in [-0.05, 0) is 48.0 Å². The summed E-state index contributed by atoms with van der Waals surface area (Å²) in [6.45, 7) is 0. The molecule has 5 nitrogen and oxygen atoms in total. The molecule has 6 heteroatoms. The summed E-state index contributed by atoms with van der Waals surface area (Å²) in [7, 11) is 0. The molecule has 30 heavy (non-hydrogen) atoms. The Morgan fingerprint density at radius 1 is 0.667 bits per heavy atom. The van der Waals surface area contributed by atoms with Gasteiger partial charge in [0, 0.05) is 22.6 Å². The number of hydrogen-bond donors (Lipinski definition) is 2. The minimum absolute atomic E-state index is 0.518. The van der Waals surface area contributed by atoms with Gasteiger partial charge in [0.15, 0.2) is 0 Å². The summed E-state index contributed by atoms with van der Waals surface area (Å²) in [4.78, 5) is 2.21. The van der Waals surface area contributed by atoms with Crippen LogP contribution in [0.1, 0.15) is 0 Å². The van der Waals surface area contributed by atoms with E-state index in [0.717, 1.165) is 51.0 Å². The topological polar surface area (TPSA) is 81.1 Å². The highest BCUT2D eigenvalue weighted by atomic mass is 32.1. The number of nitrogens with zero attached hydrogens (tertiary/aromatic N) is 3. The second-order valence-electron chi connectivity index (χ2n) is 6.94. The lowest BCUT2D eigenvalue weighted by atomic mass is 10.00.